The summed E-state index contributed by atoms with van der Waals surface area (Å²) < 4.78 is 0. The van der Waals surface area contributed by atoms with E-state index in [-0.39, 0.29) is 12.0 Å². The van der Waals surface area contributed by atoms with Gasteiger partial charge in [0.15, 0.2) is 0 Å². The van der Waals surface area contributed by atoms with Gasteiger partial charge in [0.05, 0.1) is 6.42 Å². The number of carboxylic acid groups (broad SMARTS) is 1. The van der Waals surface area contributed by atoms with Crippen LogP contribution in [0.4, 0.5) is 11.6 Å². The molecule has 1 aromatic rings. The normalized spacial score (nSPS) is 11.1. The van der Waals surface area contributed by atoms with Gasteiger partial charge in [0.25, 0.3) is 0 Å². The summed E-state index contributed by atoms with van der Waals surface area (Å²) in [7, 11) is 0. The minimum atomic E-state index is -0.832. The summed E-state index contributed by atoms with van der Waals surface area (Å²) in [5.41, 5.74) is -0.0842. The Bertz CT molecular complexity index is 427. The van der Waals surface area contributed by atoms with E-state index < -0.39 is 5.97 Å². The van der Waals surface area contributed by atoms with E-state index in [2.05, 4.69) is 20.6 Å². The number of nitrogens with zero attached hydrogens (tertiary/aromatic N) is 2. The van der Waals surface area contributed by atoms with Crippen molar-refractivity contribution < 1.29 is 9.90 Å². The van der Waals surface area contributed by atoms with Crippen LogP contribution < -0.4 is 10.6 Å². The Balaban J connectivity index is 2.71. The van der Waals surface area contributed by atoms with Crippen LogP contribution in [0, 0.1) is 6.92 Å². The fourth-order valence-corrected chi connectivity index (χ4v) is 1.40. The molecule has 6 heteroatoms. The summed E-state index contributed by atoms with van der Waals surface area (Å²) in [4.78, 5) is 18.9. The van der Waals surface area contributed by atoms with E-state index >= 15 is 0 Å². The summed E-state index contributed by atoms with van der Waals surface area (Å²) in [6.45, 7) is 8.28. The molecule has 0 radical (unpaired) electrons. The average Bonchev–Trinajstić information content (AvgIpc) is 2.12. The third-order valence-electron chi connectivity index (χ3n) is 1.99. The van der Waals surface area contributed by atoms with Crippen LogP contribution in [0.5, 0.6) is 0 Å². The molecule has 6 nitrogen and oxygen atoms in total. The molecule has 0 aliphatic heterocycles. The zero-order chi connectivity index (χ0) is 13.8. The number of aromatic nitrogens is 2. The summed E-state index contributed by atoms with van der Waals surface area (Å²) in [5, 5.41) is 14.8. The van der Waals surface area contributed by atoms with E-state index in [4.69, 9.17) is 5.11 Å². The zero-order valence-corrected chi connectivity index (χ0v) is 11.2. The molecule has 0 bridgehead atoms. The maximum Gasteiger partial charge on any atom is 0.305 e. The summed E-state index contributed by atoms with van der Waals surface area (Å²) >= 11 is 0. The fraction of sp³-hybridized carbons (Fsp3) is 0.583. The molecule has 1 aromatic heterocycles. The SMILES string of the molecule is Cc1nc(NCCC(=O)O)cc(NC(C)(C)C)n1. The molecular weight excluding hydrogens is 232 g/mol. The Hall–Kier alpha value is -1.85. The molecule has 0 aliphatic rings. The Morgan fingerprint density at radius 1 is 1.33 bits per heavy atom. The number of carbonyl (C=O) groups is 1. The predicted molar refractivity (Wildman–Crippen MR) is 70.9 cm³/mol. The van der Waals surface area contributed by atoms with Crippen LogP contribution in [0.15, 0.2) is 6.07 Å². The number of rotatable bonds is 5. The second kappa shape index (κ2) is 5.66. The van der Waals surface area contributed by atoms with Gasteiger partial charge in [0.1, 0.15) is 17.5 Å². The van der Waals surface area contributed by atoms with Crippen molar-refractivity contribution in [1.29, 1.82) is 0 Å². The Labute approximate surface area is 107 Å². The van der Waals surface area contributed by atoms with Gasteiger partial charge in [0, 0.05) is 18.2 Å². The van der Waals surface area contributed by atoms with Gasteiger partial charge in [-0.15, -0.1) is 0 Å². The van der Waals surface area contributed by atoms with Crippen LogP contribution in [-0.2, 0) is 4.79 Å². The largest absolute Gasteiger partial charge is 0.481 e. The van der Waals surface area contributed by atoms with Gasteiger partial charge in [-0.1, -0.05) is 0 Å². The van der Waals surface area contributed by atoms with Crippen LogP contribution in [-0.4, -0.2) is 33.1 Å². The van der Waals surface area contributed by atoms with Crippen LogP contribution in [0.1, 0.15) is 33.0 Å². The van der Waals surface area contributed by atoms with Gasteiger partial charge >= 0.3 is 5.97 Å². The lowest BCUT2D eigenvalue weighted by atomic mass is 10.1. The molecule has 0 spiro atoms. The molecular formula is C12H20N4O2. The second-order valence-electron chi connectivity index (χ2n) is 5.13. The molecule has 1 heterocycles. The second-order valence-corrected chi connectivity index (χ2v) is 5.13. The summed E-state index contributed by atoms with van der Waals surface area (Å²) in [5.74, 6) is 1.17. The molecule has 18 heavy (non-hydrogen) atoms. The quantitative estimate of drug-likeness (QED) is 0.741. The van der Waals surface area contributed by atoms with Crippen LogP contribution in [0.3, 0.4) is 0 Å². The lowest BCUT2D eigenvalue weighted by Gasteiger charge is -2.21. The van der Waals surface area contributed by atoms with Crippen molar-refractivity contribution in [3.8, 4) is 0 Å². The first-order valence-corrected chi connectivity index (χ1v) is 5.86. The van der Waals surface area contributed by atoms with Crippen molar-refractivity contribution in [2.24, 2.45) is 0 Å². The Morgan fingerprint density at radius 2 is 1.94 bits per heavy atom. The average molecular weight is 252 g/mol. The van der Waals surface area contributed by atoms with E-state index in [1.165, 1.54) is 0 Å². The fourth-order valence-electron chi connectivity index (χ4n) is 1.40. The molecule has 0 fully saturated rings. The monoisotopic (exact) mass is 252 g/mol. The first-order valence-electron chi connectivity index (χ1n) is 5.86. The van der Waals surface area contributed by atoms with Gasteiger partial charge in [0.2, 0.25) is 0 Å². The van der Waals surface area contributed by atoms with Gasteiger partial charge < -0.3 is 15.7 Å². The topological polar surface area (TPSA) is 87.1 Å². The highest BCUT2D eigenvalue weighted by atomic mass is 16.4. The number of carboxylic acids is 1. The Morgan fingerprint density at radius 3 is 2.50 bits per heavy atom. The van der Waals surface area contributed by atoms with Crippen molar-refractivity contribution in [3.63, 3.8) is 0 Å². The van der Waals surface area contributed by atoms with Crippen molar-refractivity contribution in [2.45, 2.75) is 39.7 Å². The van der Waals surface area contributed by atoms with Crippen LogP contribution >= 0.6 is 0 Å². The number of aryl methyl sites for hydroxylation is 1. The van der Waals surface area contributed by atoms with E-state index in [9.17, 15) is 4.79 Å². The van der Waals surface area contributed by atoms with E-state index in [0.717, 1.165) is 5.82 Å². The molecule has 0 saturated heterocycles. The maximum absolute atomic E-state index is 10.4. The van der Waals surface area contributed by atoms with E-state index in [1.807, 2.05) is 20.8 Å². The zero-order valence-electron chi connectivity index (χ0n) is 11.2. The number of hydrogen-bond acceptors (Lipinski definition) is 5. The summed E-state index contributed by atoms with van der Waals surface area (Å²) in [6, 6.07) is 1.78. The standard InChI is InChI=1S/C12H20N4O2/c1-8-14-9(13-6-5-11(17)18)7-10(15-8)16-12(2,3)4/h7H,5-6H2,1-4H3,(H,17,18)(H2,13,14,15,16). The van der Waals surface area contributed by atoms with Crippen molar-refractivity contribution in [3.05, 3.63) is 11.9 Å². The van der Waals surface area contributed by atoms with E-state index in [1.54, 1.807) is 13.0 Å². The molecule has 0 atom stereocenters. The first-order chi connectivity index (χ1) is 8.26. The minimum Gasteiger partial charge on any atom is -0.481 e. The van der Waals surface area contributed by atoms with Crippen LogP contribution in [0.2, 0.25) is 0 Å². The first kappa shape index (κ1) is 14.2. The van der Waals surface area contributed by atoms with Gasteiger partial charge in [-0.25, -0.2) is 9.97 Å². The Kier molecular flexibility index (Phi) is 4.47. The van der Waals surface area contributed by atoms with Crippen molar-refractivity contribution in [2.75, 3.05) is 17.2 Å². The third kappa shape index (κ3) is 5.47. The number of hydrogen-bond donors (Lipinski definition) is 3. The molecule has 0 amide bonds. The highest BCUT2D eigenvalue weighted by Gasteiger charge is 2.11. The number of aliphatic carboxylic acids is 1. The smallest absolute Gasteiger partial charge is 0.305 e. The summed E-state index contributed by atoms with van der Waals surface area (Å²) in [6.07, 6.45) is 0.0606. The molecule has 0 aliphatic carbocycles. The highest BCUT2D eigenvalue weighted by Crippen LogP contribution is 2.15. The van der Waals surface area contributed by atoms with Crippen molar-refractivity contribution in [1.82, 2.24) is 9.97 Å². The highest BCUT2D eigenvalue weighted by molar-refractivity contribution is 5.67. The van der Waals surface area contributed by atoms with Crippen molar-refractivity contribution >= 4 is 17.6 Å². The molecule has 0 aromatic carbocycles. The minimum absolute atomic E-state index is 0.0606. The predicted octanol–water partition coefficient (Wildman–Crippen LogP) is 1.88. The third-order valence-corrected chi connectivity index (χ3v) is 1.99. The molecule has 3 N–H and O–H groups in total. The molecule has 0 saturated carbocycles. The van der Waals surface area contributed by atoms with E-state index in [0.29, 0.717) is 18.2 Å². The van der Waals surface area contributed by atoms with Gasteiger partial charge in [-0.2, -0.15) is 0 Å². The lowest BCUT2D eigenvalue weighted by Crippen LogP contribution is -2.27. The maximum atomic E-state index is 10.4. The van der Waals surface area contributed by atoms with Crippen LogP contribution in [0.25, 0.3) is 0 Å². The van der Waals surface area contributed by atoms with Gasteiger partial charge in [-0.05, 0) is 27.7 Å². The molecule has 1 rings (SSSR count). The number of anilines is 2. The lowest BCUT2D eigenvalue weighted by molar-refractivity contribution is -0.136. The van der Waals surface area contributed by atoms with Gasteiger partial charge in [-0.3, -0.25) is 4.79 Å². The molecule has 100 valence electrons. The number of nitrogens with one attached hydrogen (secondary N) is 2. The molecule has 0 unspecified atom stereocenters.